The summed E-state index contributed by atoms with van der Waals surface area (Å²) in [6, 6.07) is 0. The van der Waals surface area contributed by atoms with E-state index >= 15 is 0 Å². The van der Waals surface area contributed by atoms with E-state index in [-0.39, 0.29) is 188 Å². The maximum absolute atomic E-state index is 12.0. The van der Waals surface area contributed by atoms with Crippen molar-refractivity contribution in [1.29, 1.82) is 0 Å². The fraction of sp³-hybridized carbons (Fsp3) is 1.00. The van der Waals surface area contributed by atoms with Crippen LogP contribution in [0.4, 0.5) is 92.2 Å². The zero-order chi connectivity index (χ0) is 39.7. The van der Waals surface area contributed by atoms with Crippen LogP contribution in [0, 0.1) is 23.2 Å². The van der Waals surface area contributed by atoms with E-state index in [0.29, 0.717) is 0 Å². The molecule has 21 heteroatoms. The van der Waals surface area contributed by atoms with Crippen LogP contribution in [-0.4, -0.2) is 62.5 Å². The molecule has 67 heavy (non-hydrogen) atoms. The van der Waals surface area contributed by atoms with Crippen LogP contribution < -0.4 is 0 Å². The molecule has 452 valence electrons. The van der Waals surface area contributed by atoms with Crippen molar-refractivity contribution in [3.8, 4) is 0 Å². The van der Waals surface area contributed by atoms with Gasteiger partial charge in [0.05, 0.1) is 20.0 Å². The predicted octanol–water partition coefficient (Wildman–Crippen LogP) is 26.3. The molecule has 2 aliphatic carbocycles. The summed E-state index contributed by atoms with van der Waals surface area (Å²) < 4.78 is 241. The molecule has 2 fully saturated rings. The first-order valence-electron chi connectivity index (χ1n) is 13.6. The summed E-state index contributed by atoms with van der Waals surface area (Å²) in [6.45, 7) is 8.12. The number of halogens is 21. The van der Waals surface area contributed by atoms with E-state index in [1.54, 1.807) is 6.92 Å². The van der Waals surface area contributed by atoms with Crippen molar-refractivity contribution in [2.45, 2.75) is 272 Å². The van der Waals surface area contributed by atoms with Crippen molar-refractivity contribution in [2.75, 3.05) is 20.0 Å². The monoisotopic (exact) mass is 1070 g/mol. The summed E-state index contributed by atoms with van der Waals surface area (Å²) in [4.78, 5) is 0. The van der Waals surface area contributed by atoms with Gasteiger partial charge in [-0.25, -0.2) is 26.3 Å². The normalized spacial score (nSPS) is 14.7. The van der Waals surface area contributed by atoms with E-state index in [1.807, 2.05) is 0 Å². The smallest absolute Gasteiger partial charge is 0.251 e. The summed E-state index contributed by atoms with van der Waals surface area (Å²) in [5.74, 6) is -13.7. The highest BCUT2D eigenvalue weighted by Gasteiger charge is 2.76. The van der Waals surface area contributed by atoms with Gasteiger partial charge >= 0.3 is 24.7 Å². The molecule has 0 aromatic rings. The summed E-state index contributed by atoms with van der Waals surface area (Å²) >= 11 is 0. The molecule has 2 aliphatic rings. The van der Waals surface area contributed by atoms with Gasteiger partial charge in [-0.2, -0.15) is 52.7 Å². The minimum Gasteiger partial charge on any atom is -0.251 e. The highest BCUT2D eigenvalue weighted by atomic mass is 19.4. The third-order valence-electron chi connectivity index (χ3n) is 5.84. The van der Waals surface area contributed by atoms with Gasteiger partial charge < -0.3 is 0 Å². The topological polar surface area (TPSA) is 0 Å². The first-order valence-corrected chi connectivity index (χ1v) is 13.6. The second-order valence-corrected chi connectivity index (χ2v) is 9.83. The molecule has 0 bridgehead atoms. The van der Waals surface area contributed by atoms with Crippen LogP contribution in [0.25, 0.3) is 0 Å². The lowest BCUT2D eigenvalue weighted by atomic mass is 9.86. The molecule has 0 aromatic heterocycles. The van der Waals surface area contributed by atoms with Gasteiger partial charge in [0, 0.05) is 24.7 Å². The molecule has 0 saturated heterocycles. The van der Waals surface area contributed by atoms with Gasteiger partial charge in [0.25, 0.3) is 17.8 Å². The van der Waals surface area contributed by atoms with Crippen LogP contribution in [0.2, 0.25) is 0 Å². The molecular weight excluding hydrogens is 951 g/mol. The lowest BCUT2D eigenvalue weighted by Gasteiger charge is -2.32. The zero-order valence-corrected chi connectivity index (χ0v) is 26.6. The highest BCUT2D eigenvalue weighted by molar-refractivity contribution is 5.06. The van der Waals surface area contributed by atoms with Crippen molar-refractivity contribution in [1.82, 2.24) is 0 Å². The summed E-state index contributed by atoms with van der Waals surface area (Å²) in [6.07, 6.45) is -23.7. The lowest BCUT2D eigenvalue weighted by molar-refractivity contribution is -0.335. The van der Waals surface area contributed by atoms with Crippen molar-refractivity contribution in [2.24, 2.45) is 23.2 Å². The van der Waals surface area contributed by atoms with Gasteiger partial charge in [0.2, 0.25) is 0 Å². The number of hydrogen-bond acceptors (Lipinski definition) is 0. The SMILES string of the molecule is C.C.C.C.C.C.C.C.C.C.C.C.C.C.C.C.C.C.C.C.CC1C(C(F)(F)F)C1(F)F.CC1CC1(F)F.CCC(C)(C(F)(F)F)C(F)(F)F.CCC(F)(F)CC(F)(F)F.CCF.CCF.CCF. The molecule has 0 radical (unpaired) electrons. The minimum absolute atomic E-state index is 0. The molecule has 0 nitrogen and oxygen atoms in total. The molecule has 0 aromatic carbocycles. The molecule has 0 N–H and O–H groups in total. The van der Waals surface area contributed by atoms with Crippen molar-refractivity contribution in [3.63, 3.8) is 0 Å². The second kappa shape index (κ2) is 66.6. The van der Waals surface area contributed by atoms with Gasteiger partial charge in [-0.05, 0) is 34.1 Å². The fourth-order valence-electron chi connectivity index (χ4n) is 2.31. The summed E-state index contributed by atoms with van der Waals surface area (Å²) in [5.41, 5.74) is -3.58. The van der Waals surface area contributed by atoms with E-state index in [1.165, 1.54) is 20.8 Å². The maximum Gasteiger partial charge on any atom is 0.402 e. The molecule has 0 amide bonds. The van der Waals surface area contributed by atoms with Gasteiger partial charge in [0.15, 0.2) is 5.41 Å². The Bertz CT molecular complexity index is 744. The Hall–Kier alpha value is -1.47. The van der Waals surface area contributed by atoms with Crippen LogP contribution in [0.3, 0.4) is 0 Å². The van der Waals surface area contributed by atoms with E-state index in [9.17, 15) is 92.2 Å². The average Bonchev–Trinajstić information content (AvgIpc) is 3.59. The fourth-order valence-corrected chi connectivity index (χ4v) is 2.31. The van der Waals surface area contributed by atoms with Gasteiger partial charge in [-0.15, -0.1) is 0 Å². The van der Waals surface area contributed by atoms with Crippen LogP contribution in [0.15, 0.2) is 0 Å². The first-order chi connectivity index (χ1) is 20.5. The Morgan fingerprint density at radius 1 is 0.418 bits per heavy atom. The van der Waals surface area contributed by atoms with E-state index in [0.717, 1.165) is 20.8 Å². The quantitative estimate of drug-likeness (QED) is 0.247. The predicted molar refractivity (Wildman–Crippen MR) is 268 cm³/mol. The number of hydrogen-bond donors (Lipinski definition) is 0. The largest absolute Gasteiger partial charge is 0.402 e. The van der Waals surface area contributed by atoms with Crippen LogP contribution in [-0.2, 0) is 0 Å². The molecule has 0 aliphatic heterocycles. The van der Waals surface area contributed by atoms with Gasteiger partial charge in [0.1, 0.15) is 12.3 Å². The molecule has 3 atom stereocenters. The maximum atomic E-state index is 12.0. The highest BCUT2D eigenvalue weighted by Crippen LogP contribution is 2.62. The molecular formula is C46H121F21. The second-order valence-electron chi connectivity index (χ2n) is 9.83. The first kappa shape index (κ1) is 166. The van der Waals surface area contributed by atoms with Crippen molar-refractivity contribution >= 4 is 0 Å². The Balaban J connectivity index is -0.0000000132. The molecule has 3 unspecified atom stereocenters. The lowest BCUT2D eigenvalue weighted by Crippen LogP contribution is -2.47. The number of alkyl halides is 21. The van der Waals surface area contributed by atoms with E-state index in [2.05, 4.69) is 0 Å². The third kappa shape index (κ3) is 76.2. The molecule has 2 rings (SSSR count). The van der Waals surface area contributed by atoms with Gasteiger partial charge in [-0.1, -0.05) is 176 Å². The average molecular weight is 1070 g/mol. The Kier molecular flexibility index (Phi) is 165. The molecule has 0 spiro atoms. The van der Waals surface area contributed by atoms with Crippen LogP contribution >= 0.6 is 0 Å². The third-order valence-corrected chi connectivity index (χ3v) is 5.84. The minimum atomic E-state index is -5.24. The zero-order valence-electron chi connectivity index (χ0n) is 26.6. The molecule has 0 heterocycles. The Labute approximate surface area is 407 Å². The van der Waals surface area contributed by atoms with Gasteiger partial charge in [-0.3, -0.25) is 13.2 Å². The van der Waals surface area contributed by atoms with E-state index in [4.69, 9.17) is 0 Å². The van der Waals surface area contributed by atoms with Crippen molar-refractivity contribution < 1.29 is 92.2 Å². The molecule has 2 saturated carbocycles. The Morgan fingerprint density at radius 2 is 0.582 bits per heavy atom. The summed E-state index contributed by atoms with van der Waals surface area (Å²) in [5, 5.41) is 0. The summed E-state index contributed by atoms with van der Waals surface area (Å²) in [7, 11) is 0. The number of rotatable bonds is 3. The van der Waals surface area contributed by atoms with Crippen LogP contribution in [0.1, 0.15) is 230 Å². The standard InChI is InChI=1S/C6H8F6.C5H5F5.C5H7F5.C4H6F2.3C2H5F.20CH4/c1-3-4(2,5(7,8)9)6(10,11)12;1-2-3(4(2,6)7)5(8,9)10;1-2-4(6,7)3-5(8,9)10;1-3-2-4(3,5)6;3*1-2-3;;;;;;;;;;;;;;;;;;;;/h3H2,1-2H3;2-3H,1H3;2-3H2,1H3;3H,2H2,1H3;3*2H2,1H3;20*1H4. The van der Waals surface area contributed by atoms with Crippen LogP contribution in [0.5, 0.6) is 0 Å². The Morgan fingerprint density at radius 3 is 0.597 bits per heavy atom. The van der Waals surface area contributed by atoms with Crippen molar-refractivity contribution in [3.05, 3.63) is 0 Å². The van der Waals surface area contributed by atoms with E-state index < -0.39 is 79.0 Å².